The van der Waals surface area contributed by atoms with Gasteiger partial charge in [-0.2, -0.15) is 0 Å². The maximum absolute atomic E-state index is 11.9. The van der Waals surface area contributed by atoms with Gasteiger partial charge in [0, 0.05) is 0 Å². The molecule has 0 fully saturated rings. The van der Waals surface area contributed by atoms with Gasteiger partial charge in [0.15, 0.2) is 0 Å². The summed E-state index contributed by atoms with van der Waals surface area (Å²) in [6.07, 6.45) is 92.2. The molecule has 0 aliphatic carbocycles. The molecule has 0 spiro atoms. The second kappa shape index (κ2) is 85.7. The molecule has 0 aliphatic heterocycles. The number of benzene rings is 3. The molecular weight excluding hydrogens is 1770 g/mol. The second-order valence-corrected chi connectivity index (χ2v) is 58.3. The average Bonchev–Trinajstić information content (AvgIpc) is 0.822. The average molecular weight is 1960 g/mol. The van der Waals surface area contributed by atoms with Crippen LogP contribution in [0, 0.1) is 0 Å². The zero-order valence-corrected chi connectivity index (χ0v) is 89.3. The Labute approximate surface area is 769 Å². The predicted molar refractivity (Wildman–Crippen MR) is 528 cm³/mol. The molecule has 10 nitrogen and oxygen atoms in total. The number of hydrogen-bond acceptors (Lipinski definition) is 10. The van der Waals surface area contributed by atoms with E-state index in [0.717, 1.165) is 110 Å². The molecule has 0 radical (unpaired) electrons. The minimum atomic E-state index is -4.42. The van der Waals surface area contributed by atoms with Crippen LogP contribution in [0.4, 0.5) is 0 Å². The standard InChI is InChI=1S/3C30H54O3S.4C4H9.O.2Sn/c3*1-3-5-7-9-11-13-15-17-19-21-24-28-25-23-27-30(34(31,32)33)29(28)26-22-20-18-16-14-12-10-8-6-4-2;4*1-3-4-2;;;/h3*23,25,27H,3-22,24,26H2,1-2H3,(H,31,32,33);4*1,3-4H2,2H3;;;/q;;;;;;;;;+2/p-3. The van der Waals surface area contributed by atoms with Crippen LogP contribution >= 0.6 is 0 Å². The molecule has 0 aromatic heterocycles. The first-order valence-corrected chi connectivity index (χ1v) is 67.0. The van der Waals surface area contributed by atoms with Crippen molar-refractivity contribution >= 4 is 70.7 Å². The van der Waals surface area contributed by atoms with Gasteiger partial charge in [-0.05, 0) is 129 Å². The van der Waals surface area contributed by atoms with E-state index >= 15 is 0 Å². The molecule has 3 rings (SSSR count). The first kappa shape index (κ1) is 120. The van der Waals surface area contributed by atoms with Crippen molar-refractivity contribution in [3.8, 4) is 0 Å². The summed E-state index contributed by atoms with van der Waals surface area (Å²) in [7, 11) is -13.3. The van der Waals surface area contributed by atoms with Crippen LogP contribution in [-0.2, 0) is 70.3 Å². The Balaban J connectivity index is 0.00000162. The number of rotatable bonds is 83. The van der Waals surface area contributed by atoms with Crippen LogP contribution in [0.3, 0.4) is 0 Å². The monoisotopic (exact) mass is 1960 g/mol. The molecule has 3 aromatic carbocycles. The minimum absolute atomic E-state index is 0.0213. The van der Waals surface area contributed by atoms with Gasteiger partial charge in [0.1, 0.15) is 30.4 Å². The van der Waals surface area contributed by atoms with Gasteiger partial charge in [0.05, 0.1) is 14.7 Å². The predicted octanol–water partition coefficient (Wildman–Crippen LogP) is 34.7. The van der Waals surface area contributed by atoms with Gasteiger partial charge < -0.3 is 13.7 Å². The Morgan fingerprint density at radius 3 is 0.562 bits per heavy atom. The molecule has 0 saturated heterocycles. The van der Waals surface area contributed by atoms with E-state index in [1.54, 1.807) is 18.2 Å². The molecule has 706 valence electrons. The van der Waals surface area contributed by atoms with Crippen molar-refractivity contribution in [1.29, 1.82) is 0 Å². The molecule has 15 heteroatoms. The van der Waals surface area contributed by atoms with Gasteiger partial charge in [-0.3, -0.25) is 0 Å². The van der Waals surface area contributed by atoms with E-state index < -0.39 is 70.7 Å². The van der Waals surface area contributed by atoms with Crippen molar-refractivity contribution in [2.75, 3.05) is 0 Å². The Morgan fingerprint density at radius 2 is 0.388 bits per heavy atom. The van der Waals surface area contributed by atoms with Crippen molar-refractivity contribution in [3.05, 3.63) is 88.0 Å². The number of aryl methyl sites for hydroxylation is 3. The van der Waals surface area contributed by atoms with E-state index in [-0.39, 0.29) is 14.7 Å². The van der Waals surface area contributed by atoms with Crippen molar-refractivity contribution < 1.29 is 40.3 Å². The van der Waals surface area contributed by atoms with Gasteiger partial charge in [0.25, 0.3) is 0 Å². The quantitative estimate of drug-likeness (QED) is 0.0300. The number of hydrogen-bond donors (Lipinski definition) is 0. The fraction of sp³-hybridized carbons (Fsp3) is 0.830. The first-order chi connectivity index (χ1) is 58.8. The molecule has 121 heavy (non-hydrogen) atoms. The SMILES string of the molecule is CCCCCCCCCCCCc1cccc(S(=O)(=O)[O-])c1CCCCCCCCCCCC.CCCCCCCCCCCCc1cccc(S(=O)(=O)[O-])c1CCCCCCCCCCCC.CCCCCCCCCCCCc1cccc(S(=O)(=O)[O-])c1CCCCCCCCCCCC.CCC[CH2][Sn+2][O][Sn]([CH2]CCC)([CH2]CCC)[CH2]CCC. The van der Waals surface area contributed by atoms with Crippen LogP contribution in [0.25, 0.3) is 0 Å². The van der Waals surface area contributed by atoms with E-state index in [4.69, 9.17) is 1.41 Å². The molecule has 0 aliphatic rings. The van der Waals surface area contributed by atoms with Gasteiger partial charge in [-0.15, -0.1) is 0 Å². The van der Waals surface area contributed by atoms with Crippen molar-refractivity contribution in [2.24, 2.45) is 0 Å². The third kappa shape index (κ3) is 69.5. The zero-order chi connectivity index (χ0) is 89.1. The molecule has 0 amide bonds. The van der Waals surface area contributed by atoms with Crippen molar-refractivity contribution in [3.63, 3.8) is 0 Å². The fourth-order valence-corrected chi connectivity index (χ4v) is 47.5. The Bertz CT molecular complexity index is 2790. The van der Waals surface area contributed by atoms with Crippen LogP contribution in [0.5, 0.6) is 0 Å². The Hall–Kier alpha value is -1.05. The second-order valence-electron chi connectivity index (χ2n) is 36.5. The molecule has 0 atom stereocenters. The van der Waals surface area contributed by atoms with E-state index in [1.807, 2.05) is 18.2 Å². The topological polar surface area (TPSA) is 181 Å². The summed E-state index contributed by atoms with van der Waals surface area (Å²) < 4.78 is 120. The van der Waals surface area contributed by atoms with Crippen LogP contribution in [-0.4, -0.2) is 79.3 Å². The summed E-state index contributed by atoms with van der Waals surface area (Å²) in [6.45, 7) is 22.8. The van der Waals surface area contributed by atoms with Gasteiger partial charge in [-0.25, -0.2) is 25.3 Å². The zero-order valence-electron chi connectivity index (χ0n) is 81.2. The summed E-state index contributed by atoms with van der Waals surface area (Å²) in [5.41, 5.74) is 5.63. The van der Waals surface area contributed by atoms with E-state index in [0.29, 0.717) is 19.3 Å². The Morgan fingerprint density at radius 1 is 0.223 bits per heavy atom. The van der Waals surface area contributed by atoms with Gasteiger partial charge in [0.2, 0.25) is 0 Å². The Kier molecular flexibility index (Phi) is 85.0. The number of unbranched alkanes of at least 4 members (excludes halogenated alkanes) is 58. The van der Waals surface area contributed by atoms with Gasteiger partial charge >= 0.3 is 139 Å². The van der Waals surface area contributed by atoms with Crippen LogP contribution < -0.4 is 0 Å². The first-order valence-electron chi connectivity index (χ1n) is 52.4. The van der Waals surface area contributed by atoms with Crippen molar-refractivity contribution in [1.82, 2.24) is 0 Å². The normalized spacial score (nSPS) is 11.8. The van der Waals surface area contributed by atoms with E-state index in [2.05, 4.69) is 69.2 Å². The molecule has 3 aromatic rings. The van der Waals surface area contributed by atoms with Crippen LogP contribution in [0.15, 0.2) is 69.3 Å². The molecule has 0 unspecified atom stereocenters. The third-order valence-corrected chi connectivity index (χ3v) is 53.0. The van der Waals surface area contributed by atoms with Crippen molar-refractivity contribution in [2.45, 2.75) is 577 Å². The fourth-order valence-electron chi connectivity index (χ4n) is 17.3. The maximum atomic E-state index is 11.9. The summed E-state index contributed by atoms with van der Waals surface area (Å²) in [6, 6.07) is 15.9. The third-order valence-electron chi connectivity index (χ3n) is 25.1. The van der Waals surface area contributed by atoms with E-state index in [9.17, 15) is 38.9 Å². The molecule has 0 N–H and O–H groups in total. The van der Waals surface area contributed by atoms with E-state index in [1.165, 1.54) is 415 Å². The summed E-state index contributed by atoms with van der Waals surface area (Å²) in [4.78, 5) is 0.0639. The van der Waals surface area contributed by atoms with Gasteiger partial charge in [-0.1, -0.05) is 425 Å². The summed E-state index contributed by atoms with van der Waals surface area (Å²) >= 11 is -2.64. The molecular formula is C106H195O10S3Sn2-. The molecule has 0 heterocycles. The van der Waals surface area contributed by atoms with Crippen LogP contribution in [0.1, 0.15) is 539 Å². The van der Waals surface area contributed by atoms with Crippen LogP contribution in [0.2, 0.25) is 17.7 Å². The molecule has 0 bridgehead atoms. The summed E-state index contributed by atoms with van der Waals surface area (Å²) in [5, 5.41) is 0. The summed E-state index contributed by atoms with van der Waals surface area (Å²) in [5.74, 6) is 0. The molecule has 0 saturated carbocycles.